The molecule has 7 heteroatoms. The second-order valence-electron chi connectivity index (χ2n) is 5.52. The SMILES string of the molecule is Cc1cccc(O[C@@H](C)C(=O)Nc2cc(S(C)(=O)=O)ccc2O)c1. The first-order valence-electron chi connectivity index (χ1n) is 7.24. The van der Waals surface area contributed by atoms with E-state index in [1.165, 1.54) is 18.2 Å². The van der Waals surface area contributed by atoms with Gasteiger partial charge in [-0.05, 0) is 49.7 Å². The quantitative estimate of drug-likeness (QED) is 0.809. The molecule has 0 aromatic heterocycles. The minimum atomic E-state index is -3.45. The number of hydrogen-bond donors (Lipinski definition) is 2. The number of ether oxygens (including phenoxy) is 1. The predicted molar refractivity (Wildman–Crippen MR) is 91.1 cm³/mol. The first-order valence-corrected chi connectivity index (χ1v) is 9.13. The molecule has 0 unspecified atom stereocenters. The average Bonchev–Trinajstić information content (AvgIpc) is 2.48. The highest BCUT2D eigenvalue weighted by Gasteiger charge is 2.18. The molecule has 2 aromatic carbocycles. The third-order valence-electron chi connectivity index (χ3n) is 3.33. The van der Waals surface area contributed by atoms with Crippen molar-refractivity contribution >= 4 is 21.4 Å². The highest BCUT2D eigenvalue weighted by molar-refractivity contribution is 7.90. The van der Waals surface area contributed by atoms with Crippen LogP contribution in [0.1, 0.15) is 12.5 Å². The summed E-state index contributed by atoms with van der Waals surface area (Å²) in [4.78, 5) is 12.2. The number of sulfone groups is 1. The van der Waals surface area contributed by atoms with Gasteiger partial charge in [-0.3, -0.25) is 4.79 Å². The molecule has 0 saturated carbocycles. The van der Waals surface area contributed by atoms with E-state index in [-0.39, 0.29) is 16.3 Å². The molecular weight excluding hydrogens is 330 g/mol. The lowest BCUT2D eigenvalue weighted by atomic mass is 10.2. The van der Waals surface area contributed by atoms with E-state index >= 15 is 0 Å². The Bertz CT molecular complexity index is 861. The number of amides is 1. The number of phenols is 1. The fourth-order valence-corrected chi connectivity index (χ4v) is 2.67. The van der Waals surface area contributed by atoms with Gasteiger partial charge in [0.2, 0.25) is 0 Å². The van der Waals surface area contributed by atoms with Gasteiger partial charge in [0.15, 0.2) is 15.9 Å². The standard InChI is InChI=1S/C17H19NO5S/c1-11-5-4-6-13(9-11)23-12(2)17(20)18-15-10-14(24(3,21)22)7-8-16(15)19/h4-10,12,19H,1-3H3,(H,18,20)/t12-/m0/s1. The molecule has 0 fully saturated rings. The second-order valence-corrected chi connectivity index (χ2v) is 7.53. The zero-order chi connectivity index (χ0) is 17.9. The van der Waals surface area contributed by atoms with Crippen molar-refractivity contribution in [1.29, 1.82) is 0 Å². The summed E-state index contributed by atoms with van der Waals surface area (Å²) in [5.74, 6) is -0.178. The van der Waals surface area contributed by atoms with Crippen molar-refractivity contribution < 1.29 is 23.1 Å². The van der Waals surface area contributed by atoms with Crippen LogP contribution >= 0.6 is 0 Å². The van der Waals surface area contributed by atoms with Crippen LogP contribution in [-0.2, 0) is 14.6 Å². The van der Waals surface area contributed by atoms with Crippen LogP contribution in [-0.4, -0.2) is 31.8 Å². The number of carbonyl (C=O) groups is 1. The molecule has 1 amide bonds. The average molecular weight is 349 g/mol. The lowest BCUT2D eigenvalue weighted by molar-refractivity contribution is -0.122. The van der Waals surface area contributed by atoms with Crippen LogP contribution in [0, 0.1) is 6.92 Å². The van der Waals surface area contributed by atoms with Gasteiger partial charge in [0.25, 0.3) is 5.91 Å². The van der Waals surface area contributed by atoms with E-state index in [1.807, 2.05) is 19.1 Å². The largest absolute Gasteiger partial charge is 0.506 e. The van der Waals surface area contributed by atoms with Crippen molar-refractivity contribution in [2.45, 2.75) is 24.8 Å². The molecule has 24 heavy (non-hydrogen) atoms. The van der Waals surface area contributed by atoms with Crippen LogP contribution in [0.4, 0.5) is 5.69 Å². The fourth-order valence-electron chi connectivity index (χ4n) is 2.03. The van der Waals surface area contributed by atoms with Gasteiger partial charge in [-0.25, -0.2) is 8.42 Å². The van der Waals surface area contributed by atoms with Crippen molar-refractivity contribution in [1.82, 2.24) is 0 Å². The Morgan fingerprint density at radius 1 is 1.21 bits per heavy atom. The number of aryl methyl sites for hydroxylation is 1. The Labute approximate surface area is 141 Å². The molecule has 2 aromatic rings. The van der Waals surface area contributed by atoms with Crippen LogP contribution in [0.5, 0.6) is 11.5 Å². The van der Waals surface area contributed by atoms with Gasteiger partial charge in [0.1, 0.15) is 11.5 Å². The molecule has 0 heterocycles. The first-order chi connectivity index (χ1) is 11.2. The number of anilines is 1. The second kappa shape index (κ2) is 6.92. The molecule has 2 N–H and O–H groups in total. The monoisotopic (exact) mass is 349 g/mol. The molecule has 0 radical (unpaired) electrons. The third kappa shape index (κ3) is 4.48. The molecule has 0 aliphatic heterocycles. The van der Waals surface area contributed by atoms with E-state index in [4.69, 9.17) is 4.74 Å². The van der Waals surface area contributed by atoms with Crippen LogP contribution in [0.2, 0.25) is 0 Å². The van der Waals surface area contributed by atoms with Crippen molar-refractivity contribution in [2.75, 3.05) is 11.6 Å². The van der Waals surface area contributed by atoms with Crippen LogP contribution in [0.3, 0.4) is 0 Å². The number of rotatable bonds is 5. The van der Waals surface area contributed by atoms with Crippen molar-refractivity contribution in [2.24, 2.45) is 0 Å². The number of carbonyl (C=O) groups excluding carboxylic acids is 1. The summed E-state index contributed by atoms with van der Waals surface area (Å²) in [7, 11) is -3.45. The van der Waals surface area contributed by atoms with E-state index in [2.05, 4.69) is 5.32 Å². The summed E-state index contributed by atoms with van der Waals surface area (Å²) in [6.07, 6.45) is 0.224. The summed E-state index contributed by atoms with van der Waals surface area (Å²) >= 11 is 0. The molecule has 0 spiro atoms. The van der Waals surface area contributed by atoms with E-state index in [0.29, 0.717) is 5.75 Å². The van der Waals surface area contributed by atoms with Crippen molar-refractivity contribution in [3.05, 3.63) is 48.0 Å². The normalized spacial score (nSPS) is 12.5. The van der Waals surface area contributed by atoms with Gasteiger partial charge in [0, 0.05) is 6.26 Å². The molecule has 0 bridgehead atoms. The minimum absolute atomic E-state index is 0.00264. The molecule has 128 valence electrons. The topological polar surface area (TPSA) is 92.7 Å². The Morgan fingerprint density at radius 2 is 1.92 bits per heavy atom. The maximum atomic E-state index is 12.2. The molecule has 2 rings (SSSR count). The molecule has 0 aliphatic rings. The molecule has 0 saturated heterocycles. The number of nitrogens with one attached hydrogen (secondary N) is 1. The van der Waals surface area contributed by atoms with Crippen LogP contribution in [0.25, 0.3) is 0 Å². The molecule has 6 nitrogen and oxygen atoms in total. The maximum absolute atomic E-state index is 12.2. The summed E-state index contributed by atoms with van der Waals surface area (Å²) in [6.45, 7) is 3.47. The zero-order valence-electron chi connectivity index (χ0n) is 13.6. The smallest absolute Gasteiger partial charge is 0.265 e. The summed E-state index contributed by atoms with van der Waals surface area (Å²) in [5.41, 5.74) is 1.02. The van der Waals surface area contributed by atoms with Crippen molar-refractivity contribution in [3.63, 3.8) is 0 Å². The lowest BCUT2D eigenvalue weighted by Crippen LogP contribution is -2.30. The van der Waals surface area contributed by atoms with Gasteiger partial charge in [-0.15, -0.1) is 0 Å². The third-order valence-corrected chi connectivity index (χ3v) is 4.44. The summed E-state index contributed by atoms with van der Waals surface area (Å²) < 4.78 is 28.7. The van der Waals surface area contributed by atoms with Gasteiger partial charge in [-0.2, -0.15) is 0 Å². The number of phenolic OH excluding ortho intramolecular Hbond substituents is 1. The fraction of sp³-hybridized carbons (Fsp3) is 0.235. The lowest BCUT2D eigenvalue weighted by Gasteiger charge is -2.16. The number of benzene rings is 2. The highest BCUT2D eigenvalue weighted by atomic mass is 32.2. The Kier molecular flexibility index (Phi) is 5.14. The molecule has 0 aliphatic carbocycles. The highest BCUT2D eigenvalue weighted by Crippen LogP contribution is 2.26. The molecular formula is C17H19NO5S. The van der Waals surface area contributed by atoms with Crippen molar-refractivity contribution in [3.8, 4) is 11.5 Å². The van der Waals surface area contributed by atoms with E-state index in [1.54, 1.807) is 19.1 Å². The summed E-state index contributed by atoms with van der Waals surface area (Å²) in [5, 5.41) is 12.3. The Hall–Kier alpha value is -2.54. The van der Waals surface area contributed by atoms with E-state index < -0.39 is 21.8 Å². The summed E-state index contributed by atoms with van der Waals surface area (Å²) in [6, 6.07) is 11.0. The maximum Gasteiger partial charge on any atom is 0.265 e. The van der Waals surface area contributed by atoms with E-state index in [9.17, 15) is 18.3 Å². The van der Waals surface area contributed by atoms with Gasteiger partial charge in [-0.1, -0.05) is 12.1 Å². The predicted octanol–water partition coefficient (Wildman–Crippen LogP) is 2.51. The number of aromatic hydroxyl groups is 1. The van der Waals surface area contributed by atoms with Gasteiger partial charge >= 0.3 is 0 Å². The molecule has 1 atom stereocenters. The first kappa shape index (κ1) is 17.8. The van der Waals surface area contributed by atoms with E-state index in [0.717, 1.165) is 11.8 Å². The number of hydrogen-bond acceptors (Lipinski definition) is 5. The van der Waals surface area contributed by atoms with Crippen LogP contribution in [0.15, 0.2) is 47.4 Å². The zero-order valence-corrected chi connectivity index (χ0v) is 14.4. The van der Waals surface area contributed by atoms with Gasteiger partial charge in [0.05, 0.1) is 10.6 Å². The minimum Gasteiger partial charge on any atom is -0.506 e. The van der Waals surface area contributed by atoms with Crippen LogP contribution < -0.4 is 10.1 Å². The Balaban J connectivity index is 2.14. The van der Waals surface area contributed by atoms with Gasteiger partial charge < -0.3 is 15.2 Å². The Morgan fingerprint density at radius 3 is 2.54 bits per heavy atom.